The van der Waals surface area contributed by atoms with Gasteiger partial charge in [0.1, 0.15) is 11.2 Å². The second kappa shape index (κ2) is 8.43. The van der Waals surface area contributed by atoms with Crippen molar-refractivity contribution in [3.8, 4) is 10.4 Å². The summed E-state index contributed by atoms with van der Waals surface area (Å²) in [6.07, 6.45) is 6.05. The molecule has 0 saturated carbocycles. The Kier molecular flexibility index (Phi) is 5.91. The van der Waals surface area contributed by atoms with Crippen LogP contribution in [0.3, 0.4) is 0 Å². The second-order valence-electron chi connectivity index (χ2n) is 7.84. The van der Waals surface area contributed by atoms with E-state index >= 15 is 0 Å². The van der Waals surface area contributed by atoms with Crippen LogP contribution in [0.5, 0.6) is 0 Å². The number of fused-ring (bicyclic) bond motifs is 3. The quantitative estimate of drug-likeness (QED) is 0.558. The molecule has 1 saturated heterocycles. The van der Waals surface area contributed by atoms with E-state index in [9.17, 15) is 9.90 Å². The first kappa shape index (κ1) is 20.3. The van der Waals surface area contributed by atoms with Gasteiger partial charge in [0.25, 0.3) is 0 Å². The molecule has 2 aromatic heterocycles. The number of aliphatic hydroxyl groups excluding tert-OH is 1. The molecule has 5 N–H and O–H groups in total. The van der Waals surface area contributed by atoms with E-state index in [2.05, 4.69) is 33.3 Å². The van der Waals surface area contributed by atoms with Gasteiger partial charge in [-0.3, -0.25) is 10.00 Å². The lowest BCUT2D eigenvalue weighted by Crippen LogP contribution is -2.35. The molecular weight excluding hydrogens is 388 g/mol. The lowest BCUT2D eigenvalue weighted by molar-refractivity contribution is 0.180. The molecule has 158 valence electrons. The zero-order chi connectivity index (χ0) is 20.5. The largest absolute Gasteiger partial charge is 0.374 e. The van der Waals surface area contributed by atoms with E-state index < -0.39 is 6.23 Å². The molecule has 2 aromatic rings. The first-order chi connectivity index (χ1) is 14.0. The molecule has 1 unspecified atom stereocenters. The molecule has 3 heterocycles. The summed E-state index contributed by atoms with van der Waals surface area (Å²) in [4.78, 5) is 15.4. The molecule has 2 amide bonds. The molecule has 29 heavy (non-hydrogen) atoms. The maximum atomic E-state index is 11.8. The standard InChI is InChI=1S/C20H30N6O2S/c1-3-8-25-9-6-12(7-10-25)26-11-14-15(24-26)5-4-13-16(18(21)27)19(29-17(13)14)23-20(28)22-2/h11-12,18,27H,3-10,21H2,1-2H3,(H2,22,23,28). The van der Waals surface area contributed by atoms with Gasteiger partial charge in [-0.2, -0.15) is 5.10 Å². The van der Waals surface area contributed by atoms with Crippen LogP contribution in [0.4, 0.5) is 9.80 Å². The van der Waals surface area contributed by atoms with Crippen molar-refractivity contribution in [1.82, 2.24) is 20.0 Å². The van der Waals surface area contributed by atoms with Crippen LogP contribution >= 0.6 is 11.3 Å². The van der Waals surface area contributed by atoms with Crippen LogP contribution in [0.1, 0.15) is 55.3 Å². The summed E-state index contributed by atoms with van der Waals surface area (Å²) in [6, 6.07) is 0.111. The normalized spacial score (nSPS) is 18.2. The minimum Gasteiger partial charge on any atom is -0.374 e. The Bertz CT molecular complexity index is 882. The number of piperidine rings is 1. The summed E-state index contributed by atoms with van der Waals surface area (Å²) in [6.45, 7) is 5.65. The molecule has 0 spiro atoms. The number of likely N-dealkylation sites (tertiary alicyclic amines) is 1. The third-order valence-electron chi connectivity index (χ3n) is 5.93. The number of rotatable bonds is 5. The Morgan fingerprint density at radius 3 is 2.83 bits per heavy atom. The summed E-state index contributed by atoms with van der Waals surface area (Å²) in [5, 5.41) is 21.0. The number of aliphatic hydroxyl groups is 1. The molecule has 1 aliphatic heterocycles. The molecule has 0 bridgehead atoms. The van der Waals surface area contributed by atoms with E-state index in [1.807, 2.05) is 0 Å². The number of carbonyl (C=O) groups is 1. The number of urea groups is 1. The topological polar surface area (TPSA) is 108 Å². The molecule has 0 aromatic carbocycles. The fourth-order valence-electron chi connectivity index (χ4n) is 4.47. The fourth-order valence-corrected chi connectivity index (χ4v) is 5.79. The number of anilines is 1. The van der Waals surface area contributed by atoms with E-state index in [4.69, 9.17) is 10.8 Å². The number of amides is 2. The SMILES string of the molecule is CCCN1CCC(n2cc3c(n2)CCc2c-3sc(NC(=O)NC)c2C(N)O)CC1. The first-order valence-electron chi connectivity index (χ1n) is 10.4. The predicted octanol–water partition coefficient (Wildman–Crippen LogP) is 2.46. The van der Waals surface area contributed by atoms with Gasteiger partial charge in [0.2, 0.25) is 0 Å². The molecule has 1 aliphatic carbocycles. The van der Waals surface area contributed by atoms with Crippen LogP contribution in [-0.2, 0) is 12.8 Å². The highest BCUT2D eigenvalue weighted by molar-refractivity contribution is 7.20. The van der Waals surface area contributed by atoms with Crippen LogP contribution in [-0.4, -0.2) is 52.5 Å². The van der Waals surface area contributed by atoms with Crippen molar-refractivity contribution in [2.24, 2.45) is 5.73 Å². The van der Waals surface area contributed by atoms with Crippen molar-refractivity contribution < 1.29 is 9.90 Å². The number of aromatic nitrogens is 2. The number of thiophene rings is 1. The van der Waals surface area contributed by atoms with Crippen molar-refractivity contribution >= 4 is 22.4 Å². The van der Waals surface area contributed by atoms with Gasteiger partial charge in [-0.25, -0.2) is 4.79 Å². The van der Waals surface area contributed by atoms with Crippen LogP contribution < -0.4 is 16.4 Å². The molecule has 2 aliphatic rings. The molecule has 4 rings (SSSR count). The molecule has 1 atom stereocenters. The monoisotopic (exact) mass is 418 g/mol. The molecule has 0 radical (unpaired) electrons. The Balaban J connectivity index is 1.62. The second-order valence-corrected chi connectivity index (χ2v) is 8.86. The molecule has 8 nitrogen and oxygen atoms in total. The highest BCUT2D eigenvalue weighted by atomic mass is 32.1. The minimum absolute atomic E-state index is 0.319. The summed E-state index contributed by atoms with van der Waals surface area (Å²) in [5.41, 5.74) is 9.71. The van der Waals surface area contributed by atoms with E-state index in [0.717, 1.165) is 60.5 Å². The number of carbonyl (C=O) groups excluding carboxylic acids is 1. The number of nitrogens with two attached hydrogens (primary N) is 1. The molecule has 1 fully saturated rings. The Labute approximate surface area is 175 Å². The van der Waals surface area contributed by atoms with Gasteiger partial charge < -0.3 is 21.1 Å². The van der Waals surface area contributed by atoms with Crippen molar-refractivity contribution in [2.75, 3.05) is 32.0 Å². The van der Waals surface area contributed by atoms with Gasteiger partial charge in [-0.1, -0.05) is 6.92 Å². The zero-order valence-corrected chi connectivity index (χ0v) is 17.9. The highest BCUT2D eigenvalue weighted by Gasteiger charge is 2.30. The molecule has 9 heteroatoms. The summed E-state index contributed by atoms with van der Waals surface area (Å²) >= 11 is 1.47. The minimum atomic E-state index is -1.12. The van der Waals surface area contributed by atoms with Crippen molar-refractivity contribution in [3.05, 3.63) is 23.0 Å². The Morgan fingerprint density at radius 2 is 2.17 bits per heavy atom. The third kappa shape index (κ3) is 3.92. The van der Waals surface area contributed by atoms with Gasteiger partial charge in [0.05, 0.1) is 11.7 Å². The van der Waals surface area contributed by atoms with Gasteiger partial charge in [0, 0.05) is 42.3 Å². The van der Waals surface area contributed by atoms with Crippen LogP contribution in [0.2, 0.25) is 0 Å². The Hall–Kier alpha value is -1.94. The van der Waals surface area contributed by atoms with E-state index in [-0.39, 0.29) is 6.03 Å². The lowest BCUT2D eigenvalue weighted by atomic mass is 9.93. The number of aryl methyl sites for hydroxylation is 1. The smallest absolute Gasteiger partial charge is 0.319 e. The van der Waals surface area contributed by atoms with Crippen molar-refractivity contribution in [1.29, 1.82) is 0 Å². The van der Waals surface area contributed by atoms with Gasteiger partial charge >= 0.3 is 6.03 Å². The van der Waals surface area contributed by atoms with Crippen molar-refractivity contribution in [2.45, 2.75) is 51.3 Å². The average Bonchev–Trinajstić information content (AvgIpc) is 3.29. The van der Waals surface area contributed by atoms with Gasteiger partial charge in [-0.05, 0) is 44.2 Å². The summed E-state index contributed by atoms with van der Waals surface area (Å²) in [5.74, 6) is 0. The van der Waals surface area contributed by atoms with Gasteiger partial charge in [0.15, 0.2) is 0 Å². The van der Waals surface area contributed by atoms with Crippen LogP contribution in [0.25, 0.3) is 10.4 Å². The number of nitrogens with zero attached hydrogens (tertiary/aromatic N) is 3. The summed E-state index contributed by atoms with van der Waals surface area (Å²) in [7, 11) is 1.56. The molecular formula is C20H30N6O2S. The highest BCUT2D eigenvalue weighted by Crippen LogP contribution is 2.46. The number of hydrogen-bond donors (Lipinski definition) is 4. The van der Waals surface area contributed by atoms with E-state index in [1.54, 1.807) is 7.05 Å². The fraction of sp³-hybridized carbons (Fsp3) is 0.600. The predicted molar refractivity (Wildman–Crippen MR) is 115 cm³/mol. The maximum Gasteiger partial charge on any atom is 0.319 e. The third-order valence-corrected chi connectivity index (χ3v) is 7.13. The summed E-state index contributed by atoms with van der Waals surface area (Å²) < 4.78 is 2.15. The number of nitrogens with one attached hydrogen (secondary N) is 2. The first-order valence-corrected chi connectivity index (χ1v) is 11.2. The van der Waals surface area contributed by atoms with Crippen molar-refractivity contribution in [3.63, 3.8) is 0 Å². The van der Waals surface area contributed by atoms with Crippen LogP contribution in [0, 0.1) is 0 Å². The zero-order valence-electron chi connectivity index (χ0n) is 17.1. The van der Waals surface area contributed by atoms with E-state index in [0.29, 0.717) is 16.6 Å². The van der Waals surface area contributed by atoms with E-state index in [1.165, 1.54) is 24.3 Å². The lowest BCUT2D eigenvalue weighted by Gasteiger charge is -2.31. The average molecular weight is 419 g/mol. The maximum absolute atomic E-state index is 11.8. The number of hydrogen-bond acceptors (Lipinski definition) is 6. The van der Waals surface area contributed by atoms with Gasteiger partial charge in [-0.15, -0.1) is 11.3 Å². The van der Waals surface area contributed by atoms with Crippen LogP contribution in [0.15, 0.2) is 6.20 Å². The Morgan fingerprint density at radius 1 is 1.41 bits per heavy atom.